The average molecular weight is 248 g/mol. The fraction of sp³-hybridized carbons (Fsp3) is 0.333. The minimum atomic E-state index is -4.59. The van der Waals surface area contributed by atoms with E-state index >= 15 is 0 Å². The maximum absolute atomic E-state index is 10.9. The van der Waals surface area contributed by atoms with Crippen LogP contribution in [0.15, 0.2) is 18.2 Å². The van der Waals surface area contributed by atoms with Crippen molar-refractivity contribution < 1.29 is 28.9 Å². The first kappa shape index (κ1) is 13.0. The van der Waals surface area contributed by atoms with E-state index in [1.54, 1.807) is 0 Å². The molecule has 1 unspecified atom stereocenters. The molecule has 0 spiro atoms. The second-order valence-electron chi connectivity index (χ2n) is 3.11. The number of ether oxygens (including phenoxy) is 2. The molecule has 6 nitrogen and oxygen atoms in total. The van der Waals surface area contributed by atoms with E-state index in [0.717, 1.165) is 0 Å². The second-order valence-corrected chi connectivity index (χ2v) is 4.78. The molecule has 0 aliphatic rings. The van der Waals surface area contributed by atoms with Gasteiger partial charge in [0.2, 0.25) is 0 Å². The molecule has 1 rings (SSSR count). The van der Waals surface area contributed by atoms with Crippen LogP contribution in [-0.2, 0) is 4.57 Å². The van der Waals surface area contributed by atoms with E-state index in [1.165, 1.54) is 32.4 Å². The summed E-state index contributed by atoms with van der Waals surface area (Å²) in [6.45, 7) is 0. The van der Waals surface area contributed by atoms with Crippen molar-refractivity contribution in [3.05, 3.63) is 23.8 Å². The number of benzene rings is 1. The second kappa shape index (κ2) is 4.84. The van der Waals surface area contributed by atoms with E-state index in [1.807, 2.05) is 0 Å². The highest BCUT2D eigenvalue weighted by atomic mass is 31.2. The average Bonchev–Trinajstić information content (AvgIpc) is 2.26. The van der Waals surface area contributed by atoms with E-state index in [0.29, 0.717) is 11.5 Å². The monoisotopic (exact) mass is 248 g/mol. The van der Waals surface area contributed by atoms with Gasteiger partial charge >= 0.3 is 7.60 Å². The molecule has 0 aliphatic carbocycles. The van der Waals surface area contributed by atoms with Crippen molar-refractivity contribution in [1.29, 1.82) is 0 Å². The van der Waals surface area contributed by atoms with Gasteiger partial charge in [0.1, 0.15) is 11.5 Å². The van der Waals surface area contributed by atoms with Crippen molar-refractivity contribution in [2.75, 3.05) is 14.2 Å². The van der Waals surface area contributed by atoms with Crippen molar-refractivity contribution in [3.63, 3.8) is 0 Å². The number of hydrogen-bond donors (Lipinski definition) is 3. The summed E-state index contributed by atoms with van der Waals surface area (Å²) in [7, 11) is -1.78. The van der Waals surface area contributed by atoms with Crippen LogP contribution in [0, 0.1) is 0 Å². The van der Waals surface area contributed by atoms with Crippen LogP contribution in [0.2, 0.25) is 0 Å². The molecule has 3 N–H and O–H groups in total. The van der Waals surface area contributed by atoms with E-state index in [4.69, 9.17) is 19.3 Å². The Balaban J connectivity index is 3.18. The molecule has 0 fully saturated rings. The fourth-order valence-corrected chi connectivity index (χ4v) is 1.71. The lowest BCUT2D eigenvalue weighted by molar-refractivity contribution is 0.205. The molecular weight excluding hydrogens is 235 g/mol. The predicted octanol–water partition coefficient (Wildman–Crippen LogP) is 0.872. The smallest absolute Gasteiger partial charge is 0.358 e. The molecule has 0 radical (unpaired) electrons. The quantitative estimate of drug-likeness (QED) is 0.684. The summed E-state index contributed by atoms with van der Waals surface area (Å²) in [6.07, 6.45) is 0. The number of methoxy groups -OCH3 is 2. The van der Waals surface area contributed by atoms with Gasteiger partial charge in [0.15, 0.2) is 5.85 Å². The molecule has 0 aliphatic heterocycles. The van der Waals surface area contributed by atoms with E-state index in [2.05, 4.69) is 0 Å². The normalized spacial score (nSPS) is 13.3. The third kappa shape index (κ3) is 2.96. The molecule has 0 aromatic heterocycles. The first-order valence-corrected chi connectivity index (χ1v) is 6.03. The summed E-state index contributed by atoms with van der Waals surface area (Å²) in [6, 6.07) is 4.22. The summed E-state index contributed by atoms with van der Waals surface area (Å²) in [5.74, 6) is -1.18. The molecule has 16 heavy (non-hydrogen) atoms. The van der Waals surface area contributed by atoms with Crippen LogP contribution in [0.5, 0.6) is 11.5 Å². The number of aliphatic hydroxyl groups excluding tert-OH is 1. The summed E-state index contributed by atoms with van der Waals surface area (Å²) < 4.78 is 20.7. The first-order valence-electron chi connectivity index (χ1n) is 4.34. The van der Waals surface area contributed by atoms with Crippen LogP contribution >= 0.6 is 7.60 Å². The molecule has 1 aromatic carbocycles. The van der Waals surface area contributed by atoms with Gasteiger partial charge in [0.05, 0.1) is 14.2 Å². The van der Waals surface area contributed by atoms with Crippen LogP contribution in [0.1, 0.15) is 11.4 Å². The van der Waals surface area contributed by atoms with Crippen LogP contribution in [0.25, 0.3) is 0 Å². The Kier molecular flexibility index (Phi) is 3.93. The van der Waals surface area contributed by atoms with Crippen LogP contribution in [0.3, 0.4) is 0 Å². The highest BCUT2D eigenvalue weighted by Crippen LogP contribution is 2.50. The minimum absolute atomic E-state index is 0.0459. The third-order valence-electron chi connectivity index (χ3n) is 1.99. The summed E-state index contributed by atoms with van der Waals surface area (Å²) in [4.78, 5) is 17.7. The van der Waals surface area contributed by atoms with Crippen LogP contribution in [0.4, 0.5) is 0 Å². The van der Waals surface area contributed by atoms with Crippen molar-refractivity contribution in [2.24, 2.45) is 0 Å². The van der Waals surface area contributed by atoms with Gasteiger partial charge in [-0.25, -0.2) is 0 Å². The third-order valence-corrected chi connectivity index (χ3v) is 2.93. The zero-order valence-corrected chi connectivity index (χ0v) is 9.72. The topological polar surface area (TPSA) is 96.2 Å². The largest absolute Gasteiger partial charge is 0.497 e. The van der Waals surface area contributed by atoms with E-state index in [-0.39, 0.29) is 5.56 Å². The van der Waals surface area contributed by atoms with Gasteiger partial charge in [-0.3, -0.25) is 4.57 Å². The Labute approximate surface area is 92.6 Å². The summed E-state index contributed by atoms with van der Waals surface area (Å²) >= 11 is 0. The molecule has 0 heterocycles. The SMILES string of the molecule is COc1cc(OC)cc(C(O)P(=O)(O)O)c1. The van der Waals surface area contributed by atoms with Gasteiger partial charge in [-0.15, -0.1) is 0 Å². The van der Waals surface area contributed by atoms with Crippen LogP contribution in [-0.4, -0.2) is 29.1 Å². The fourth-order valence-electron chi connectivity index (χ4n) is 1.17. The molecule has 0 saturated carbocycles. The molecule has 7 heteroatoms. The maximum atomic E-state index is 10.9. The van der Waals surface area contributed by atoms with Gasteiger partial charge < -0.3 is 24.4 Å². The lowest BCUT2D eigenvalue weighted by Gasteiger charge is -2.14. The standard InChI is InChI=1S/C9H13O6P/c1-14-7-3-6(4-8(5-7)15-2)9(10)16(11,12)13/h3-5,9-10H,1-2H3,(H2,11,12,13). The lowest BCUT2D eigenvalue weighted by Crippen LogP contribution is -2.00. The molecule has 0 bridgehead atoms. The van der Waals surface area contributed by atoms with Gasteiger partial charge in [-0.1, -0.05) is 0 Å². The van der Waals surface area contributed by atoms with Gasteiger partial charge in [-0.05, 0) is 17.7 Å². The molecule has 1 aromatic rings. The van der Waals surface area contributed by atoms with E-state index < -0.39 is 13.4 Å². The zero-order chi connectivity index (χ0) is 12.3. The Hall–Kier alpha value is -1.07. The Morgan fingerprint density at radius 3 is 1.88 bits per heavy atom. The summed E-state index contributed by atoms with van der Waals surface area (Å²) in [5, 5.41) is 9.42. The highest BCUT2D eigenvalue weighted by molar-refractivity contribution is 7.51. The van der Waals surface area contributed by atoms with Gasteiger partial charge in [0, 0.05) is 6.07 Å². The van der Waals surface area contributed by atoms with Gasteiger partial charge in [-0.2, -0.15) is 0 Å². The maximum Gasteiger partial charge on any atom is 0.358 e. The van der Waals surface area contributed by atoms with Crippen molar-refractivity contribution in [2.45, 2.75) is 5.85 Å². The summed E-state index contributed by atoms with van der Waals surface area (Å²) in [5.41, 5.74) is 0.0459. The molecule has 1 atom stereocenters. The first-order chi connectivity index (χ1) is 7.38. The number of aliphatic hydroxyl groups is 1. The van der Waals surface area contributed by atoms with Crippen molar-refractivity contribution in [1.82, 2.24) is 0 Å². The number of hydrogen-bond acceptors (Lipinski definition) is 4. The van der Waals surface area contributed by atoms with Crippen LogP contribution < -0.4 is 9.47 Å². The predicted molar refractivity (Wildman–Crippen MR) is 56.5 cm³/mol. The molecule has 90 valence electrons. The molecule has 0 amide bonds. The van der Waals surface area contributed by atoms with Gasteiger partial charge in [0.25, 0.3) is 0 Å². The lowest BCUT2D eigenvalue weighted by atomic mass is 10.2. The number of rotatable bonds is 4. The molecule has 0 saturated heterocycles. The molecular formula is C9H13O6P. The van der Waals surface area contributed by atoms with Crippen molar-refractivity contribution >= 4 is 7.60 Å². The Morgan fingerprint density at radius 1 is 1.12 bits per heavy atom. The van der Waals surface area contributed by atoms with E-state index in [9.17, 15) is 9.67 Å². The zero-order valence-electron chi connectivity index (χ0n) is 8.82. The Bertz CT molecular complexity index is 390. The Morgan fingerprint density at radius 2 is 1.56 bits per heavy atom. The minimum Gasteiger partial charge on any atom is -0.497 e. The highest BCUT2D eigenvalue weighted by Gasteiger charge is 2.28. The van der Waals surface area contributed by atoms with Crippen molar-refractivity contribution in [3.8, 4) is 11.5 Å².